The molecule has 1 atom stereocenters. The van der Waals surface area contributed by atoms with Crippen LogP contribution in [0.2, 0.25) is 0 Å². The van der Waals surface area contributed by atoms with Crippen molar-refractivity contribution in [3.8, 4) is 5.75 Å². The number of rotatable bonds is 5. The zero-order chi connectivity index (χ0) is 14.6. The van der Waals surface area contributed by atoms with Crippen molar-refractivity contribution in [3.63, 3.8) is 0 Å². The van der Waals surface area contributed by atoms with Crippen LogP contribution in [0.25, 0.3) is 0 Å². The van der Waals surface area contributed by atoms with Gasteiger partial charge < -0.3 is 20.9 Å². The van der Waals surface area contributed by atoms with Crippen LogP contribution in [0.1, 0.15) is 17.5 Å². The van der Waals surface area contributed by atoms with Crippen LogP contribution in [-0.4, -0.2) is 30.1 Å². The van der Waals surface area contributed by atoms with Crippen molar-refractivity contribution in [2.45, 2.75) is 26.3 Å². The molecule has 0 bridgehead atoms. The minimum absolute atomic E-state index is 0.418. The first-order chi connectivity index (χ1) is 8.85. The van der Waals surface area contributed by atoms with Crippen LogP contribution in [0.3, 0.4) is 0 Å². The summed E-state index contributed by atoms with van der Waals surface area (Å²) >= 11 is 0. The monoisotopic (exact) mass is 266 g/mol. The molecule has 1 amide bonds. The van der Waals surface area contributed by atoms with E-state index in [1.165, 1.54) is 7.11 Å². The lowest BCUT2D eigenvalue weighted by Crippen LogP contribution is -2.37. The third-order valence-corrected chi connectivity index (χ3v) is 2.61. The third-order valence-electron chi connectivity index (χ3n) is 2.61. The Morgan fingerprint density at radius 2 is 2.05 bits per heavy atom. The lowest BCUT2D eigenvalue weighted by atomic mass is 10.1. The predicted molar refractivity (Wildman–Crippen MR) is 71.3 cm³/mol. The van der Waals surface area contributed by atoms with Crippen molar-refractivity contribution in [3.05, 3.63) is 23.3 Å². The normalized spacial score (nSPS) is 11.8. The van der Waals surface area contributed by atoms with E-state index in [1.807, 2.05) is 19.9 Å². The van der Waals surface area contributed by atoms with E-state index in [-0.39, 0.29) is 0 Å². The van der Waals surface area contributed by atoms with Crippen LogP contribution in [0.4, 0.5) is 5.69 Å². The van der Waals surface area contributed by atoms with Gasteiger partial charge in [0.1, 0.15) is 5.75 Å². The van der Waals surface area contributed by atoms with Gasteiger partial charge in [0.15, 0.2) is 0 Å². The second-order valence-electron chi connectivity index (χ2n) is 4.36. The molecule has 6 heteroatoms. The molecule has 0 radical (unpaired) electrons. The second-order valence-corrected chi connectivity index (χ2v) is 4.36. The maximum atomic E-state index is 11.8. The van der Waals surface area contributed by atoms with E-state index in [4.69, 9.17) is 15.6 Å². The van der Waals surface area contributed by atoms with Gasteiger partial charge in [0, 0.05) is 0 Å². The quantitative estimate of drug-likeness (QED) is 0.739. The largest absolute Gasteiger partial charge is 0.494 e. The summed E-state index contributed by atoms with van der Waals surface area (Å²) in [5, 5.41) is 11.2. The minimum Gasteiger partial charge on any atom is -0.494 e. The zero-order valence-corrected chi connectivity index (χ0v) is 11.2. The fourth-order valence-corrected chi connectivity index (χ4v) is 1.82. The van der Waals surface area contributed by atoms with Crippen LogP contribution < -0.4 is 15.8 Å². The Morgan fingerprint density at radius 3 is 2.58 bits per heavy atom. The molecule has 0 heterocycles. The maximum absolute atomic E-state index is 11.8. The standard InChI is InChI=1S/C13H18N2O4/c1-7-4-8(2)12(19-3)10(5-7)15-13(18)9(14)6-11(16)17/h4-5,9H,6,14H2,1-3H3,(H,15,18)(H,16,17). The number of carboxylic acids is 1. The van der Waals surface area contributed by atoms with Crippen LogP contribution in [-0.2, 0) is 9.59 Å². The molecule has 0 aromatic heterocycles. The summed E-state index contributed by atoms with van der Waals surface area (Å²) in [5.74, 6) is -1.12. The number of carbonyl (C=O) groups is 2. The molecule has 104 valence electrons. The van der Waals surface area contributed by atoms with Crippen molar-refractivity contribution in [1.29, 1.82) is 0 Å². The van der Waals surface area contributed by atoms with Crippen molar-refractivity contribution in [2.75, 3.05) is 12.4 Å². The molecular weight excluding hydrogens is 248 g/mol. The van der Waals surface area contributed by atoms with E-state index in [1.54, 1.807) is 6.07 Å². The second kappa shape index (κ2) is 6.19. The van der Waals surface area contributed by atoms with Gasteiger partial charge in [-0.2, -0.15) is 0 Å². The van der Waals surface area contributed by atoms with Gasteiger partial charge in [-0.1, -0.05) is 6.07 Å². The Kier molecular flexibility index (Phi) is 4.88. The van der Waals surface area contributed by atoms with E-state index in [9.17, 15) is 9.59 Å². The minimum atomic E-state index is -1.12. The average molecular weight is 266 g/mol. The fourth-order valence-electron chi connectivity index (χ4n) is 1.82. The van der Waals surface area contributed by atoms with Gasteiger partial charge in [-0.15, -0.1) is 0 Å². The molecule has 0 fully saturated rings. The Bertz CT molecular complexity index is 500. The summed E-state index contributed by atoms with van der Waals surface area (Å²) in [6.07, 6.45) is -0.418. The van der Waals surface area contributed by atoms with E-state index < -0.39 is 24.3 Å². The SMILES string of the molecule is COc1c(C)cc(C)cc1NC(=O)C(N)CC(=O)O. The molecule has 0 saturated heterocycles. The average Bonchev–Trinajstić information content (AvgIpc) is 2.27. The molecule has 4 N–H and O–H groups in total. The molecule has 0 saturated carbocycles. The summed E-state index contributed by atoms with van der Waals surface area (Å²) < 4.78 is 5.22. The number of amides is 1. The molecule has 0 spiro atoms. The third kappa shape index (κ3) is 3.96. The van der Waals surface area contributed by atoms with Gasteiger partial charge in [0.25, 0.3) is 0 Å². The molecule has 6 nitrogen and oxygen atoms in total. The number of carboxylic acid groups (broad SMARTS) is 1. The molecule has 1 aromatic rings. The zero-order valence-electron chi connectivity index (χ0n) is 11.2. The van der Waals surface area contributed by atoms with Crippen molar-refractivity contribution in [2.24, 2.45) is 5.73 Å². The number of hydrogen-bond donors (Lipinski definition) is 3. The highest BCUT2D eigenvalue weighted by molar-refractivity contribution is 5.98. The highest BCUT2D eigenvalue weighted by Crippen LogP contribution is 2.29. The van der Waals surface area contributed by atoms with Gasteiger partial charge in [0.05, 0.1) is 25.3 Å². The Labute approximate surface area is 111 Å². The summed E-state index contributed by atoms with van der Waals surface area (Å²) in [6, 6.07) is 2.58. The van der Waals surface area contributed by atoms with Crippen LogP contribution >= 0.6 is 0 Å². The lowest BCUT2D eigenvalue weighted by molar-refractivity contribution is -0.138. The highest BCUT2D eigenvalue weighted by atomic mass is 16.5. The number of nitrogens with one attached hydrogen (secondary N) is 1. The van der Waals surface area contributed by atoms with Crippen molar-refractivity contribution in [1.82, 2.24) is 0 Å². The Morgan fingerprint density at radius 1 is 1.42 bits per heavy atom. The summed E-state index contributed by atoms with van der Waals surface area (Å²) in [5.41, 5.74) is 7.83. The molecule has 1 rings (SSSR count). The molecule has 1 aromatic carbocycles. The van der Waals surface area contributed by atoms with Crippen molar-refractivity contribution < 1.29 is 19.4 Å². The van der Waals surface area contributed by atoms with E-state index >= 15 is 0 Å². The predicted octanol–water partition coefficient (Wildman–Crippen LogP) is 1.05. The van der Waals surface area contributed by atoms with E-state index in [2.05, 4.69) is 5.32 Å². The van der Waals surface area contributed by atoms with Crippen LogP contribution in [0.15, 0.2) is 12.1 Å². The summed E-state index contributed by atoms with van der Waals surface area (Å²) in [6.45, 7) is 3.75. The topological polar surface area (TPSA) is 102 Å². The molecule has 19 heavy (non-hydrogen) atoms. The number of hydrogen-bond acceptors (Lipinski definition) is 4. The number of ether oxygens (including phenoxy) is 1. The van der Waals surface area contributed by atoms with E-state index in [0.717, 1.165) is 11.1 Å². The van der Waals surface area contributed by atoms with Gasteiger partial charge in [-0.3, -0.25) is 9.59 Å². The number of carbonyl (C=O) groups excluding carboxylic acids is 1. The smallest absolute Gasteiger partial charge is 0.305 e. The number of benzene rings is 1. The molecular formula is C13H18N2O4. The molecule has 0 aliphatic heterocycles. The fraction of sp³-hybridized carbons (Fsp3) is 0.385. The van der Waals surface area contributed by atoms with Crippen LogP contribution in [0.5, 0.6) is 5.75 Å². The molecule has 0 aliphatic rings. The summed E-state index contributed by atoms with van der Waals surface area (Å²) in [4.78, 5) is 22.3. The van der Waals surface area contributed by atoms with Gasteiger partial charge in [0.2, 0.25) is 5.91 Å². The molecule has 0 aliphatic carbocycles. The maximum Gasteiger partial charge on any atom is 0.305 e. The first-order valence-corrected chi connectivity index (χ1v) is 5.78. The van der Waals surface area contributed by atoms with Gasteiger partial charge in [-0.25, -0.2) is 0 Å². The van der Waals surface area contributed by atoms with Crippen LogP contribution in [0, 0.1) is 13.8 Å². The first kappa shape index (κ1) is 15.0. The van der Waals surface area contributed by atoms with Gasteiger partial charge in [-0.05, 0) is 31.0 Å². The number of aryl methyl sites for hydroxylation is 2. The first-order valence-electron chi connectivity index (χ1n) is 5.78. The number of anilines is 1. The number of nitrogens with two attached hydrogens (primary N) is 1. The number of methoxy groups -OCH3 is 1. The Balaban J connectivity index is 2.93. The number of aliphatic carboxylic acids is 1. The molecule has 1 unspecified atom stereocenters. The summed E-state index contributed by atoms with van der Waals surface area (Å²) in [7, 11) is 1.50. The lowest BCUT2D eigenvalue weighted by Gasteiger charge is -2.15. The van der Waals surface area contributed by atoms with E-state index in [0.29, 0.717) is 11.4 Å². The van der Waals surface area contributed by atoms with Gasteiger partial charge >= 0.3 is 5.97 Å². The highest BCUT2D eigenvalue weighted by Gasteiger charge is 2.19. The Hall–Kier alpha value is -2.08. The van der Waals surface area contributed by atoms with Crippen molar-refractivity contribution >= 4 is 17.6 Å².